The third-order valence-electron chi connectivity index (χ3n) is 6.25. The molecule has 0 radical (unpaired) electrons. The second-order valence-corrected chi connectivity index (χ2v) is 10.4. The van der Waals surface area contributed by atoms with Crippen LogP contribution in [0.4, 0.5) is 0 Å². The predicted octanol–water partition coefficient (Wildman–Crippen LogP) is 3.37. The van der Waals surface area contributed by atoms with Gasteiger partial charge in [0.2, 0.25) is 5.91 Å². The number of hydrogen-bond acceptors (Lipinski definition) is 8. The average Bonchev–Trinajstić information content (AvgIpc) is 2.99. The van der Waals surface area contributed by atoms with Crippen molar-refractivity contribution in [3.05, 3.63) is 72.5 Å². The van der Waals surface area contributed by atoms with E-state index < -0.39 is 54.5 Å². The molecule has 0 saturated heterocycles. The summed E-state index contributed by atoms with van der Waals surface area (Å²) in [5, 5.41) is 40.7. The SMILES string of the molecule is CCCCCCCCC(O)C(=CC=CC=CC=CC=CC=CC(=O)O)N(CC(=O)O)C(=O)C(CS)NC(=O)CCC(N)C(=O)O. The van der Waals surface area contributed by atoms with E-state index in [-0.39, 0.29) is 30.7 Å². The van der Waals surface area contributed by atoms with Crippen LogP contribution in [-0.2, 0) is 24.0 Å². The molecule has 3 unspecified atom stereocenters. The molecule has 0 heterocycles. The molecular weight excluding hydrogens is 602 g/mol. The zero-order chi connectivity index (χ0) is 34.0. The van der Waals surface area contributed by atoms with Crippen molar-refractivity contribution < 1.29 is 44.4 Å². The number of thiol groups is 1. The molecule has 0 fully saturated rings. The fraction of sp³-hybridized carbons (Fsp3) is 0.469. The van der Waals surface area contributed by atoms with E-state index in [1.165, 1.54) is 12.2 Å². The van der Waals surface area contributed by atoms with E-state index >= 15 is 0 Å². The number of aliphatic hydroxyl groups excluding tert-OH is 1. The number of aliphatic carboxylic acids is 3. The normalized spacial score (nSPS) is 14.4. The van der Waals surface area contributed by atoms with Crippen molar-refractivity contribution in [2.75, 3.05) is 12.3 Å². The van der Waals surface area contributed by atoms with Crippen LogP contribution in [0.3, 0.4) is 0 Å². The maximum atomic E-state index is 13.5. The summed E-state index contributed by atoms with van der Waals surface area (Å²) >= 11 is 4.15. The van der Waals surface area contributed by atoms with Gasteiger partial charge in [0.25, 0.3) is 5.91 Å². The van der Waals surface area contributed by atoms with Crippen molar-refractivity contribution in [1.82, 2.24) is 10.2 Å². The first-order chi connectivity index (χ1) is 21.4. The van der Waals surface area contributed by atoms with Crippen molar-refractivity contribution in [3.63, 3.8) is 0 Å². The Bertz CT molecular complexity index is 1130. The number of allylic oxidation sites excluding steroid dienone is 10. The molecule has 3 atom stereocenters. The monoisotopic (exact) mass is 649 g/mol. The highest BCUT2D eigenvalue weighted by atomic mass is 32.1. The molecular formula is C32H47N3O9S. The lowest BCUT2D eigenvalue weighted by Crippen LogP contribution is -2.52. The summed E-state index contributed by atoms with van der Waals surface area (Å²) in [5.74, 6) is -5.29. The first-order valence-corrected chi connectivity index (χ1v) is 15.4. The van der Waals surface area contributed by atoms with Gasteiger partial charge in [0.1, 0.15) is 18.6 Å². The highest BCUT2D eigenvalue weighted by Gasteiger charge is 2.31. The minimum atomic E-state index is -1.34. The number of carboxylic acids is 3. The van der Waals surface area contributed by atoms with Crippen molar-refractivity contribution in [2.45, 2.75) is 82.9 Å². The molecule has 0 saturated carbocycles. The summed E-state index contributed by atoms with van der Waals surface area (Å²) in [5.41, 5.74) is 5.49. The molecule has 0 bridgehead atoms. The standard InChI is InChI=1S/C32H47N3O9S/c1-2-3-4-5-12-15-18-27(36)26(17-14-11-9-7-6-8-10-13-16-19-29(38)39)35(22-30(40)41)31(42)25(23-45)34-28(37)21-20-24(33)32(43)44/h6-11,13-14,16-17,19,24-25,27,36,45H,2-5,12,15,18,20-23,33H2,1H3,(H,34,37)(H,38,39)(H,40,41)(H,43,44). The summed E-state index contributed by atoms with van der Waals surface area (Å²) < 4.78 is 0. The van der Waals surface area contributed by atoms with Gasteiger partial charge in [0.15, 0.2) is 0 Å². The molecule has 0 aromatic heterocycles. The van der Waals surface area contributed by atoms with Gasteiger partial charge in [-0.1, -0.05) is 100 Å². The fourth-order valence-corrected chi connectivity index (χ4v) is 4.12. The molecule has 0 rings (SSSR count). The third kappa shape index (κ3) is 20.6. The van der Waals surface area contributed by atoms with E-state index in [0.29, 0.717) is 6.42 Å². The summed E-state index contributed by atoms with van der Waals surface area (Å²) in [4.78, 5) is 60.1. The van der Waals surface area contributed by atoms with Crippen LogP contribution in [0, 0.1) is 0 Å². The molecule has 0 aliphatic heterocycles. The van der Waals surface area contributed by atoms with Crippen LogP contribution in [0.1, 0.15) is 64.7 Å². The maximum Gasteiger partial charge on any atom is 0.328 e. The maximum absolute atomic E-state index is 13.5. The number of amides is 2. The zero-order valence-corrected chi connectivity index (χ0v) is 26.6. The molecule has 0 aromatic carbocycles. The van der Waals surface area contributed by atoms with Gasteiger partial charge in [-0.25, -0.2) is 4.79 Å². The molecule has 2 amide bonds. The lowest BCUT2D eigenvalue weighted by molar-refractivity contribution is -0.144. The Morgan fingerprint density at radius 3 is 1.91 bits per heavy atom. The first kappa shape index (κ1) is 41.1. The van der Waals surface area contributed by atoms with Crippen LogP contribution in [0.15, 0.2) is 72.5 Å². The molecule has 0 aliphatic carbocycles. The van der Waals surface area contributed by atoms with E-state index in [1.54, 1.807) is 48.6 Å². The Kier molecular flexibility index (Phi) is 23.2. The van der Waals surface area contributed by atoms with E-state index in [2.05, 4.69) is 24.9 Å². The number of carbonyl (C=O) groups excluding carboxylic acids is 2. The molecule has 13 heteroatoms. The summed E-state index contributed by atoms with van der Waals surface area (Å²) in [6, 6.07) is -2.51. The highest BCUT2D eigenvalue weighted by Crippen LogP contribution is 2.19. The second-order valence-electron chi connectivity index (χ2n) is 10.0. The number of carboxylic acid groups (broad SMARTS) is 3. The number of aliphatic hydroxyl groups is 1. The van der Waals surface area contributed by atoms with Gasteiger partial charge in [-0.3, -0.25) is 19.2 Å². The lowest BCUT2D eigenvalue weighted by Gasteiger charge is -2.30. The van der Waals surface area contributed by atoms with Gasteiger partial charge in [-0.15, -0.1) is 0 Å². The largest absolute Gasteiger partial charge is 0.480 e. The Labute approximate surface area is 270 Å². The molecule has 0 aromatic rings. The smallest absolute Gasteiger partial charge is 0.328 e. The van der Waals surface area contributed by atoms with Gasteiger partial charge >= 0.3 is 17.9 Å². The van der Waals surface area contributed by atoms with Crippen LogP contribution in [0.25, 0.3) is 0 Å². The molecule has 0 spiro atoms. The Morgan fingerprint density at radius 1 is 0.822 bits per heavy atom. The van der Waals surface area contributed by atoms with E-state index in [9.17, 15) is 34.2 Å². The summed E-state index contributed by atoms with van der Waals surface area (Å²) in [6.45, 7) is 1.33. The quantitative estimate of drug-likeness (QED) is 0.0351. The molecule has 7 N–H and O–H groups in total. The van der Waals surface area contributed by atoms with Gasteiger partial charge in [0.05, 0.1) is 11.8 Å². The predicted molar refractivity (Wildman–Crippen MR) is 175 cm³/mol. The lowest BCUT2D eigenvalue weighted by atomic mass is 10.0. The van der Waals surface area contributed by atoms with Crippen molar-refractivity contribution in [3.8, 4) is 0 Å². The Hall–Kier alpha value is -3.94. The number of unbranched alkanes of at least 4 members (excludes halogenated alkanes) is 5. The van der Waals surface area contributed by atoms with Gasteiger partial charge in [-0.2, -0.15) is 12.6 Å². The van der Waals surface area contributed by atoms with Crippen molar-refractivity contribution >= 4 is 42.4 Å². The highest BCUT2D eigenvalue weighted by molar-refractivity contribution is 7.80. The minimum absolute atomic E-state index is 0.0400. The van der Waals surface area contributed by atoms with E-state index in [1.807, 2.05) is 0 Å². The van der Waals surface area contributed by atoms with Gasteiger partial charge < -0.3 is 36.4 Å². The van der Waals surface area contributed by atoms with E-state index in [4.69, 9.17) is 15.9 Å². The number of nitrogens with zero attached hydrogens (tertiary/aromatic N) is 1. The Morgan fingerprint density at radius 2 is 1.38 bits per heavy atom. The minimum Gasteiger partial charge on any atom is -0.480 e. The molecule has 250 valence electrons. The summed E-state index contributed by atoms with van der Waals surface area (Å²) in [7, 11) is 0. The molecule has 0 aliphatic rings. The van der Waals surface area contributed by atoms with Crippen LogP contribution in [0.5, 0.6) is 0 Å². The fourth-order valence-electron chi connectivity index (χ4n) is 3.87. The van der Waals surface area contributed by atoms with Crippen molar-refractivity contribution in [2.24, 2.45) is 5.73 Å². The number of carbonyl (C=O) groups is 5. The zero-order valence-electron chi connectivity index (χ0n) is 25.7. The van der Waals surface area contributed by atoms with Crippen molar-refractivity contribution in [1.29, 1.82) is 0 Å². The van der Waals surface area contributed by atoms with Gasteiger partial charge in [-0.05, 0) is 18.9 Å². The van der Waals surface area contributed by atoms with E-state index in [0.717, 1.165) is 43.1 Å². The van der Waals surface area contributed by atoms with Gasteiger partial charge in [0, 0.05) is 18.2 Å². The second kappa shape index (κ2) is 25.4. The topological polar surface area (TPSA) is 208 Å². The Balaban J connectivity index is 5.95. The van der Waals surface area contributed by atoms with Crippen LogP contribution in [0.2, 0.25) is 0 Å². The number of rotatable bonds is 24. The molecule has 45 heavy (non-hydrogen) atoms. The number of nitrogens with two attached hydrogens (primary N) is 1. The first-order valence-electron chi connectivity index (χ1n) is 14.8. The number of hydrogen-bond donors (Lipinski definition) is 7. The van der Waals surface area contributed by atoms with Crippen LogP contribution >= 0.6 is 12.6 Å². The van der Waals surface area contributed by atoms with Crippen LogP contribution in [-0.4, -0.2) is 85.5 Å². The number of nitrogens with one attached hydrogen (secondary N) is 1. The van der Waals surface area contributed by atoms with Crippen LogP contribution < -0.4 is 11.1 Å². The third-order valence-corrected chi connectivity index (χ3v) is 6.62. The summed E-state index contributed by atoms with van der Waals surface area (Å²) in [6.07, 6.45) is 21.3. The average molecular weight is 650 g/mol. The molecule has 12 nitrogen and oxygen atoms in total.